The Labute approximate surface area is 123 Å². The molecule has 0 fully saturated rings. The van der Waals surface area contributed by atoms with E-state index in [-0.39, 0.29) is 0 Å². The van der Waals surface area contributed by atoms with Gasteiger partial charge in [0, 0.05) is 27.9 Å². The molecule has 0 saturated carbocycles. The van der Waals surface area contributed by atoms with E-state index in [4.69, 9.17) is 16.0 Å². The first-order valence-corrected chi connectivity index (χ1v) is 7.51. The minimum Gasteiger partial charge on any atom is -0.454 e. The zero-order valence-corrected chi connectivity index (χ0v) is 12.3. The topological polar surface area (TPSA) is 25.5 Å². The summed E-state index contributed by atoms with van der Waals surface area (Å²) in [6.07, 6.45) is 1.89. The van der Waals surface area contributed by atoms with Crippen molar-refractivity contribution in [1.29, 1.82) is 0 Å². The van der Waals surface area contributed by atoms with Crippen LogP contribution in [0.4, 0.5) is 0 Å². The first-order valence-electron chi connectivity index (χ1n) is 6.01. The zero-order valence-electron chi connectivity index (χ0n) is 9.91. The Morgan fingerprint density at radius 3 is 2.95 bits per heavy atom. The molecule has 4 heteroatoms. The third kappa shape index (κ3) is 1.52. The number of fused-ring (bicyclic) bond motifs is 5. The molecule has 94 valence electrons. The molecule has 4 rings (SSSR count). The molecule has 0 spiro atoms. The molecule has 2 aromatic carbocycles. The number of halogens is 2. The van der Waals surface area contributed by atoms with Gasteiger partial charge in [-0.25, -0.2) is 0 Å². The van der Waals surface area contributed by atoms with Crippen LogP contribution in [0.15, 0.2) is 33.7 Å². The normalized spacial score (nSPS) is 13.6. The largest absolute Gasteiger partial charge is 0.454 e. The van der Waals surface area contributed by atoms with E-state index in [2.05, 4.69) is 33.1 Å². The van der Waals surface area contributed by atoms with Crippen molar-refractivity contribution < 1.29 is 4.42 Å². The van der Waals surface area contributed by atoms with Crippen LogP contribution in [-0.4, -0.2) is 6.21 Å². The Balaban J connectivity index is 2.25. The van der Waals surface area contributed by atoms with Gasteiger partial charge in [-0.3, -0.25) is 4.99 Å². The van der Waals surface area contributed by atoms with Gasteiger partial charge >= 0.3 is 0 Å². The maximum atomic E-state index is 6.27. The minimum atomic E-state index is 0.652. The summed E-state index contributed by atoms with van der Waals surface area (Å²) in [5.74, 6) is 0. The van der Waals surface area contributed by atoms with Crippen LogP contribution in [0.1, 0.15) is 16.7 Å². The number of hydrogen-bond acceptors (Lipinski definition) is 2. The molecule has 0 saturated heterocycles. The molecule has 2 nitrogen and oxygen atoms in total. The molecule has 0 aliphatic carbocycles. The number of benzene rings is 2. The third-order valence-corrected chi connectivity index (χ3v) is 4.48. The second-order valence-electron chi connectivity index (χ2n) is 4.63. The van der Waals surface area contributed by atoms with Crippen LogP contribution in [0.5, 0.6) is 0 Å². The second-order valence-corrected chi connectivity index (χ2v) is 5.60. The van der Waals surface area contributed by atoms with Gasteiger partial charge in [-0.1, -0.05) is 45.7 Å². The van der Waals surface area contributed by atoms with Gasteiger partial charge in [0.1, 0.15) is 5.58 Å². The summed E-state index contributed by atoms with van der Waals surface area (Å²) in [6, 6.07) is 8.16. The van der Waals surface area contributed by atoms with Gasteiger partial charge in [-0.15, -0.1) is 0 Å². The fraction of sp³-hybridized carbons (Fsp3) is 0.133. The minimum absolute atomic E-state index is 0.652. The van der Waals surface area contributed by atoms with Crippen molar-refractivity contribution in [3.05, 3.63) is 46.0 Å². The van der Waals surface area contributed by atoms with E-state index >= 15 is 0 Å². The van der Waals surface area contributed by atoms with Crippen molar-refractivity contribution in [3.8, 4) is 0 Å². The second kappa shape index (κ2) is 4.09. The molecule has 1 aromatic heterocycles. The maximum absolute atomic E-state index is 6.27. The Hall–Kier alpha value is -1.32. The summed E-state index contributed by atoms with van der Waals surface area (Å²) in [5, 5.41) is 3.64. The Morgan fingerprint density at radius 1 is 1.21 bits per heavy atom. The van der Waals surface area contributed by atoms with Gasteiger partial charge in [-0.05, 0) is 17.2 Å². The number of furan rings is 1. The van der Waals surface area contributed by atoms with Gasteiger partial charge in [0.05, 0.1) is 11.6 Å². The molecule has 19 heavy (non-hydrogen) atoms. The predicted octanol–water partition coefficient (Wildman–Crippen LogP) is 5.07. The summed E-state index contributed by atoms with van der Waals surface area (Å²) in [7, 11) is 0. The van der Waals surface area contributed by atoms with E-state index in [1.54, 1.807) is 0 Å². The molecule has 0 amide bonds. The Morgan fingerprint density at radius 2 is 2.11 bits per heavy atom. The number of hydrogen-bond donors (Lipinski definition) is 0. The van der Waals surface area contributed by atoms with Crippen LogP contribution >= 0.6 is 27.5 Å². The van der Waals surface area contributed by atoms with E-state index in [0.29, 0.717) is 5.02 Å². The SMILES string of the molecule is Clc1ccc(CBr)c2c1oc1c3c(ccc12)CN=C3. The number of rotatable bonds is 1. The van der Waals surface area contributed by atoms with Crippen molar-refractivity contribution in [1.82, 2.24) is 0 Å². The Bertz CT molecular complexity index is 850. The molecule has 0 unspecified atom stereocenters. The first kappa shape index (κ1) is 11.5. The van der Waals surface area contributed by atoms with Crippen LogP contribution in [0.2, 0.25) is 5.02 Å². The fourth-order valence-electron chi connectivity index (χ4n) is 2.67. The zero-order chi connectivity index (χ0) is 13.0. The van der Waals surface area contributed by atoms with Gasteiger partial charge in [0.15, 0.2) is 5.58 Å². The van der Waals surface area contributed by atoms with Gasteiger partial charge in [-0.2, -0.15) is 0 Å². The van der Waals surface area contributed by atoms with Crippen molar-refractivity contribution >= 4 is 55.7 Å². The van der Waals surface area contributed by atoms with Crippen molar-refractivity contribution in [2.24, 2.45) is 4.99 Å². The average Bonchev–Trinajstić information content (AvgIpc) is 3.02. The fourth-order valence-corrected chi connectivity index (χ4v) is 3.33. The monoisotopic (exact) mass is 333 g/mol. The van der Waals surface area contributed by atoms with E-state index < -0.39 is 0 Å². The number of nitrogens with zero attached hydrogens (tertiary/aromatic N) is 1. The van der Waals surface area contributed by atoms with Crippen molar-refractivity contribution in [2.45, 2.75) is 11.9 Å². The van der Waals surface area contributed by atoms with Gasteiger partial charge in [0.2, 0.25) is 0 Å². The lowest BCUT2D eigenvalue weighted by Crippen LogP contribution is -1.84. The molecule has 0 radical (unpaired) electrons. The highest BCUT2D eigenvalue weighted by Crippen LogP contribution is 2.39. The van der Waals surface area contributed by atoms with Crippen LogP contribution in [0.25, 0.3) is 21.9 Å². The first-order chi connectivity index (χ1) is 9.29. The lowest BCUT2D eigenvalue weighted by molar-refractivity contribution is 0.668. The van der Waals surface area contributed by atoms with Crippen LogP contribution < -0.4 is 0 Å². The molecular formula is C15H9BrClNO. The van der Waals surface area contributed by atoms with Crippen LogP contribution in [0, 0.1) is 0 Å². The molecule has 0 bridgehead atoms. The van der Waals surface area contributed by atoms with E-state index in [0.717, 1.165) is 39.4 Å². The highest BCUT2D eigenvalue weighted by molar-refractivity contribution is 9.08. The number of aliphatic imine (C=N–C) groups is 1. The maximum Gasteiger partial charge on any atom is 0.154 e. The van der Waals surface area contributed by atoms with Crippen LogP contribution in [-0.2, 0) is 11.9 Å². The number of alkyl halides is 1. The summed E-state index contributed by atoms with van der Waals surface area (Å²) in [5.41, 5.74) is 5.15. The molecular weight excluding hydrogens is 326 g/mol. The highest BCUT2D eigenvalue weighted by atomic mass is 79.9. The van der Waals surface area contributed by atoms with Crippen molar-refractivity contribution in [2.75, 3.05) is 0 Å². The van der Waals surface area contributed by atoms with E-state index in [1.165, 1.54) is 11.1 Å². The van der Waals surface area contributed by atoms with Gasteiger partial charge in [0.25, 0.3) is 0 Å². The lowest BCUT2D eigenvalue weighted by Gasteiger charge is -2.00. The third-order valence-electron chi connectivity index (χ3n) is 3.58. The summed E-state index contributed by atoms with van der Waals surface area (Å²) >= 11 is 9.79. The summed E-state index contributed by atoms with van der Waals surface area (Å²) in [6.45, 7) is 0.737. The van der Waals surface area contributed by atoms with Gasteiger partial charge < -0.3 is 4.42 Å². The van der Waals surface area contributed by atoms with Crippen molar-refractivity contribution in [3.63, 3.8) is 0 Å². The standard InChI is InChI=1S/C15H9BrClNO/c16-5-8-2-4-12(17)15-13(8)10-3-1-9-6-18-7-11(9)14(10)19-15/h1-4,7H,5-6H2. The van der Waals surface area contributed by atoms with E-state index in [1.807, 2.05) is 18.3 Å². The summed E-state index contributed by atoms with van der Waals surface area (Å²) < 4.78 is 6.02. The quantitative estimate of drug-likeness (QED) is 0.571. The smallest absolute Gasteiger partial charge is 0.154 e. The summed E-state index contributed by atoms with van der Waals surface area (Å²) in [4.78, 5) is 4.31. The molecule has 1 aliphatic rings. The van der Waals surface area contributed by atoms with E-state index in [9.17, 15) is 0 Å². The lowest BCUT2D eigenvalue weighted by atomic mass is 10.0. The Kier molecular flexibility index (Phi) is 2.47. The molecule has 0 atom stereocenters. The average molecular weight is 335 g/mol. The highest BCUT2D eigenvalue weighted by Gasteiger charge is 2.19. The molecule has 0 N–H and O–H groups in total. The molecule has 1 aliphatic heterocycles. The molecule has 2 heterocycles. The van der Waals surface area contributed by atoms with Crippen LogP contribution in [0.3, 0.4) is 0 Å². The predicted molar refractivity (Wildman–Crippen MR) is 82.7 cm³/mol. The molecule has 3 aromatic rings.